The fourth-order valence-electron chi connectivity index (χ4n) is 12.1. The number of carbonyl (C=O) groups is 5. The van der Waals surface area contributed by atoms with Crippen molar-refractivity contribution in [3.8, 4) is 28.7 Å². The van der Waals surface area contributed by atoms with E-state index in [0.29, 0.717) is 49.6 Å². The minimum atomic E-state index is -0.351. The number of phenolic OH excluding ortho intramolecular Hbond substituents is 5. The first kappa shape index (κ1) is 99.9. The van der Waals surface area contributed by atoms with Crippen molar-refractivity contribution in [1.29, 1.82) is 0 Å². The molecule has 0 saturated carbocycles. The number of hydrogen-bond donors (Lipinski definition) is 16. The smallest absolute Gasteiger partial charge is 0.259 e. The van der Waals surface area contributed by atoms with E-state index in [9.17, 15) is 54.6 Å². The number of amides is 5. The maximum Gasteiger partial charge on any atom is 0.259 e. The van der Waals surface area contributed by atoms with Crippen LogP contribution in [0.1, 0.15) is 38.9 Å². The third-order valence-corrected chi connectivity index (χ3v) is 25.0. The first-order valence-corrected chi connectivity index (χ1v) is 46.3. The summed E-state index contributed by atoms with van der Waals surface area (Å²) >= 11 is 31.9. The number of phenols is 5. The predicted octanol–water partition coefficient (Wildman–Crippen LogP) is 21.5. The van der Waals surface area contributed by atoms with Gasteiger partial charge in [-0.25, -0.2) is 27.1 Å². The Morgan fingerprint density at radius 1 is 0.348 bits per heavy atom. The zero-order valence-electron chi connectivity index (χ0n) is 69.3. The number of halogens is 9. The molecule has 27 nitrogen and oxygen atoms in total. The summed E-state index contributed by atoms with van der Waals surface area (Å²) in [6, 6.07) is 80.3. The van der Waals surface area contributed by atoms with Gasteiger partial charge in [0, 0.05) is 86.1 Å². The average molecular weight is 2310 g/mol. The van der Waals surface area contributed by atoms with E-state index in [1.807, 2.05) is 171 Å². The van der Waals surface area contributed by atoms with Crippen molar-refractivity contribution < 1.29 is 54.6 Å². The molecule has 15 aromatic rings. The van der Waals surface area contributed by atoms with Crippen LogP contribution in [0.4, 0.5) is 28.4 Å². The van der Waals surface area contributed by atoms with E-state index in [-0.39, 0.29) is 102 Å². The molecule has 15 rings (SSSR count). The molecule has 0 radical (unpaired) electrons. The van der Waals surface area contributed by atoms with E-state index in [1.165, 1.54) is 41.7 Å². The molecule has 132 heavy (non-hydrogen) atoms. The topological polar surface area (TPSA) is 402 Å². The molecule has 0 atom stereocenters. The number of aromatic nitrogens is 1. The zero-order valence-corrected chi connectivity index (χ0v) is 82.7. The van der Waals surface area contributed by atoms with Crippen molar-refractivity contribution in [2.75, 3.05) is 59.3 Å². The molecule has 0 aliphatic rings. The number of aromatic hydroxyl groups is 5. The Bertz CT molecular complexity index is 6860. The summed E-state index contributed by atoms with van der Waals surface area (Å²) in [7, 11) is 0. The number of pyridine rings is 1. The number of aliphatic hydroxyl groups is 1. The van der Waals surface area contributed by atoms with Gasteiger partial charge in [0.2, 0.25) is 0 Å². The Morgan fingerprint density at radius 3 is 1.33 bits per heavy atom. The standard InChI is InChI=1S/C23H17Br2N3O3.C19H16Br2N4O2.C19H16BrN3O2.C19H16BrN3O.C16H14Br2ClN3O3/c24-19-10-17(22(30)21(25)23(19)31)11-27-28-20(29)12-26-18-6-5-15-7-13-3-1-2-4-14(13)8-16(15)9-18;1-11-14(20)8-12(19(27)18(11)21)9-24-25-17(26)10-23-16-6-2-5-15-13(16)4-3-7-22-15;20-16-10-13(8-9-18(16)24)11-22-23-19(25)12-21-17-7-3-5-14-4-1-2-6-15(14)17;20-17-8-5-14(6-9-17)12-22-23-19(24)13-21-18-10-7-15-3-1-2-4-16(15)11-18;17-13-5-9(16(25)15(18)12(13)8-23)6-21-22-14(24)7-20-11-3-1-10(19)2-4-11/h1-11,26,30-31H,12H2,(H,28,29);2-9,23,27H,10H2,1H3,(H,25,26);1-11,21,24H,12H2,(H,23,25);1-12,21H,13H2,(H,23,24);1-6,20,23,25H,7-8H2,(H,22,24)/b27-11+;24-9+;22-11+;22-12+;21-6+. The quantitative estimate of drug-likeness (QED) is 0.0136. The number of benzene rings is 14. The molecule has 0 bridgehead atoms. The van der Waals surface area contributed by atoms with Crippen molar-refractivity contribution in [1.82, 2.24) is 32.1 Å². The van der Waals surface area contributed by atoms with Crippen LogP contribution in [0.3, 0.4) is 0 Å². The van der Waals surface area contributed by atoms with Crippen LogP contribution in [0.15, 0.2) is 322 Å². The summed E-state index contributed by atoms with van der Waals surface area (Å²) in [5.74, 6) is -1.61. The summed E-state index contributed by atoms with van der Waals surface area (Å²) in [6.45, 7) is 2.02. The molecule has 0 saturated heterocycles. The lowest BCUT2D eigenvalue weighted by molar-refractivity contribution is -0.120. The van der Waals surface area contributed by atoms with E-state index in [0.717, 1.165) is 97.3 Å². The number of nitrogens with zero attached hydrogens (tertiary/aromatic N) is 6. The number of hydrazone groups is 5. The van der Waals surface area contributed by atoms with Crippen LogP contribution < -0.4 is 53.7 Å². The maximum atomic E-state index is 12.1. The Balaban J connectivity index is 0.000000160. The molecule has 14 aromatic carbocycles. The number of aliphatic hydroxyl groups excluding tert-OH is 1. The van der Waals surface area contributed by atoms with Crippen molar-refractivity contribution in [3.05, 3.63) is 341 Å². The largest absolute Gasteiger partial charge is 0.507 e. The van der Waals surface area contributed by atoms with E-state index in [4.69, 9.17) is 11.6 Å². The van der Waals surface area contributed by atoms with E-state index < -0.39 is 0 Å². The lowest BCUT2D eigenvalue weighted by Crippen LogP contribution is -2.26. The van der Waals surface area contributed by atoms with Gasteiger partial charge in [0.25, 0.3) is 29.5 Å². The fraction of sp³-hybridized carbons (Fsp3) is 0.0729. The Hall–Kier alpha value is -12.7. The van der Waals surface area contributed by atoms with Crippen molar-refractivity contribution in [2.45, 2.75) is 13.5 Å². The van der Waals surface area contributed by atoms with Crippen LogP contribution in [0.5, 0.6) is 28.7 Å². The number of rotatable bonds is 26. The summed E-state index contributed by atoms with van der Waals surface area (Å²) in [6.07, 6.45) is 8.85. The van der Waals surface area contributed by atoms with Crippen molar-refractivity contribution in [3.63, 3.8) is 0 Å². The van der Waals surface area contributed by atoms with Crippen molar-refractivity contribution >= 4 is 282 Å². The van der Waals surface area contributed by atoms with Crippen molar-refractivity contribution in [2.24, 2.45) is 25.5 Å². The lowest BCUT2D eigenvalue weighted by Gasteiger charge is -2.09. The highest BCUT2D eigenvalue weighted by atomic mass is 79.9. The molecule has 0 aliphatic carbocycles. The highest BCUT2D eigenvalue weighted by Gasteiger charge is 2.17. The second-order valence-electron chi connectivity index (χ2n) is 28.2. The molecule has 0 spiro atoms. The first-order valence-electron chi connectivity index (χ1n) is 39.5. The fourth-order valence-corrected chi connectivity index (χ4v) is 16.6. The van der Waals surface area contributed by atoms with Gasteiger partial charge in [-0.2, -0.15) is 25.5 Å². The number of nitrogens with one attached hydrogen (secondary N) is 10. The van der Waals surface area contributed by atoms with Gasteiger partial charge in [-0.15, -0.1) is 0 Å². The monoisotopic (exact) mass is 2300 g/mol. The van der Waals surface area contributed by atoms with Gasteiger partial charge in [0.1, 0.15) is 33.2 Å². The maximum absolute atomic E-state index is 12.1. The number of anilines is 5. The summed E-state index contributed by atoms with van der Waals surface area (Å²) in [5, 5.41) is 104. The first-order chi connectivity index (χ1) is 63.6. The van der Waals surface area contributed by atoms with Crippen LogP contribution in [0.25, 0.3) is 54.0 Å². The van der Waals surface area contributed by atoms with Crippen LogP contribution in [-0.2, 0) is 30.6 Å². The van der Waals surface area contributed by atoms with Crippen LogP contribution in [-0.4, -0.2) is 129 Å². The van der Waals surface area contributed by atoms with Gasteiger partial charge in [-0.1, -0.05) is 175 Å². The highest BCUT2D eigenvalue weighted by Crippen LogP contribution is 2.42. The number of carbonyl (C=O) groups excluding carboxylic acids is 5. The Kier molecular flexibility index (Phi) is 37.9. The third kappa shape index (κ3) is 29.7. The third-order valence-electron chi connectivity index (χ3n) is 18.9. The molecular formula is C96H79Br8ClN16O11. The van der Waals surface area contributed by atoms with Gasteiger partial charge < -0.3 is 57.2 Å². The normalized spacial score (nSPS) is 11.0. The zero-order chi connectivity index (χ0) is 94.2. The average Bonchev–Trinajstić information content (AvgIpc) is 0.830. The Morgan fingerprint density at radius 2 is 0.765 bits per heavy atom. The lowest BCUT2D eigenvalue weighted by atomic mass is 10.0. The summed E-state index contributed by atoms with van der Waals surface area (Å²) in [4.78, 5) is 63.9. The van der Waals surface area contributed by atoms with Gasteiger partial charge in [-0.05, 0) is 280 Å². The molecular weight excluding hydrogens is 2230 g/mol. The summed E-state index contributed by atoms with van der Waals surface area (Å²) < 4.78 is 4.47. The van der Waals surface area contributed by atoms with E-state index in [1.54, 1.807) is 67.0 Å². The summed E-state index contributed by atoms with van der Waals surface area (Å²) in [5.41, 5.74) is 21.5. The van der Waals surface area contributed by atoms with Gasteiger partial charge >= 0.3 is 0 Å². The SMILES string of the molecule is Cc1c(Br)cc(/C=N/NC(=O)CNc2cccc3ncccc23)c(O)c1Br.O=C(CNc1ccc(Cl)cc1)N/N=C/c1cc(Br)c(CO)c(Br)c1O.O=C(CNc1ccc2cc3ccccc3cc2c1)N/N=C/c1cc(Br)c(O)c(Br)c1O.O=C(CNc1ccc2ccccc2c1)N/N=C/c1ccc(Br)cc1.O=C(CNc1cccc2ccccc12)N/N=C/c1ccc(O)c(Br)c1. The molecule has 0 fully saturated rings. The van der Waals surface area contributed by atoms with Crippen LogP contribution >= 0.6 is 139 Å². The molecule has 672 valence electrons. The number of hydrogen-bond acceptors (Lipinski definition) is 22. The molecule has 16 N–H and O–H groups in total. The van der Waals surface area contributed by atoms with Gasteiger partial charge in [0.05, 0.1) is 93.8 Å². The van der Waals surface area contributed by atoms with Crippen LogP contribution in [0, 0.1) is 6.92 Å². The second-order valence-corrected chi connectivity index (χ2v) is 35.3. The predicted molar refractivity (Wildman–Crippen MR) is 556 cm³/mol. The number of fused-ring (bicyclic) bond motifs is 5. The molecule has 5 amide bonds. The van der Waals surface area contributed by atoms with E-state index >= 15 is 0 Å². The molecule has 36 heteroatoms. The molecule has 0 unspecified atom stereocenters. The highest BCUT2D eigenvalue weighted by molar-refractivity contribution is 9.12. The van der Waals surface area contributed by atoms with Gasteiger partial charge in [0.15, 0.2) is 0 Å². The minimum Gasteiger partial charge on any atom is -0.507 e. The van der Waals surface area contributed by atoms with E-state index in [2.05, 4.69) is 242 Å². The van der Waals surface area contributed by atoms with Crippen LogP contribution in [0.2, 0.25) is 5.02 Å². The van der Waals surface area contributed by atoms with Gasteiger partial charge in [-0.3, -0.25) is 29.0 Å². The molecule has 1 aromatic heterocycles. The Labute approximate surface area is 828 Å². The molecule has 1 heterocycles. The minimum absolute atomic E-state index is 0.0296. The second kappa shape index (κ2) is 50.1. The molecule has 0 aliphatic heterocycles.